The molecule has 8 rings (SSSR count). The molecule has 0 aliphatic carbocycles. The number of amides is 1. The van der Waals surface area contributed by atoms with E-state index in [1.807, 2.05) is 84.9 Å². The van der Waals surface area contributed by atoms with Gasteiger partial charge in [-0.15, -0.1) is 0 Å². The van der Waals surface area contributed by atoms with Crippen LogP contribution in [0.15, 0.2) is 113 Å². The first-order chi connectivity index (χ1) is 33.8. The Hall–Kier alpha value is -6.13. The number of nitrogens with one attached hydrogen (secondary N) is 2. The molecule has 0 bridgehead atoms. The van der Waals surface area contributed by atoms with Crippen molar-refractivity contribution in [1.82, 2.24) is 29.1 Å². The Morgan fingerprint density at radius 3 is 2.17 bits per heavy atom. The highest BCUT2D eigenvalue weighted by molar-refractivity contribution is 8.37. The van der Waals surface area contributed by atoms with Crippen molar-refractivity contribution in [1.29, 1.82) is 5.26 Å². The molecule has 5 N–H and O–H groups in total. The molecule has 3 aromatic heterocycles. The summed E-state index contributed by atoms with van der Waals surface area (Å²) in [5, 5.41) is 34.2. The van der Waals surface area contributed by atoms with Crippen LogP contribution in [0.5, 0.6) is 11.5 Å². The van der Waals surface area contributed by atoms with Gasteiger partial charge in [-0.25, -0.2) is 29.2 Å². The Morgan fingerprint density at radius 1 is 0.886 bits per heavy atom. The van der Waals surface area contributed by atoms with Crippen LogP contribution >= 0.6 is 6.92 Å². The average Bonchev–Trinajstić information content (AvgIpc) is 4.02. The van der Waals surface area contributed by atoms with Gasteiger partial charge in [-0.1, -0.05) is 54.6 Å². The minimum Gasteiger partial charge on any atom is -0.497 e. The van der Waals surface area contributed by atoms with E-state index in [0.29, 0.717) is 28.2 Å². The normalized spacial score (nSPS) is 23.2. The predicted molar refractivity (Wildman–Crippen MR) is 251 cm³/mol. The molecule has 6 aromatic rings. The molecule has 0 saturated carbocycles. The van der Waals surface area contributed by atoms with Crippen molar-refractivity contribution in [3.05, 3.63) is 141 Å². The number of aromatic nitrogens is 6. The van der Waals surface area contributed by atoms with Crippen molar-refractivity contribution in [2.75, 3.05) is 45.7 Å². The number of benzene rings is 3. The zero-order valence-corrected chi connectivity index (χ0v) is 39.6. The van der Waals surface area contributed by atoms with E-state index in [0.717, 1.165) is 16.8 Å². The van der Waals surface area contributed by atoms with Crippen LogP contribution in [0.1, 0.15) is 42.5 Å². The van der Waals surface area contributed by atoms with Crippen molar-refractivity contribution in [2.24, 2.45) is 0 Å². The molecule has 1 unspecified atom stereocenters. The lowest BCUT2D eigenvalue weighted by Gasteiger charge is -2.38. The van der Waals surface area contributed by atoms with Crippen molar-refractivity contribution < 1.29 is 57.6 Å². The maximum absolute atomic E-state index is 12.7. The van der Waals surface area contributed by atoms with Crippen LogP contribution in [0.4, 0.5) is 5.82 Å². The monoisotopic (exact) mass is 1000 g/mol. The Balaban J connectivity index is 1.21. The highest BCUT2D eigenvalue weighted by Gasteiger charge is 2.55. The number of aliphatic hydroxyl groups excluding tert-OH is 2. The summed E-state index contributed by atoms with van der Waals surface area (Å²) in [4.78, 5) is 64.1. The van der Waals surface area contributed by atoms with Gasteiger partial charge in [0.25, 0.3) is 5.56 Å². The molecule has 3 aromatic carbocycles. The van der Waals surface area contributed by atoms with Crippen molar-refractivity contribution in [3.63, 3.8) is 0 Å². The third-order valence-electron chi connectivity index (χ3n) is 11.7. The number of carbonyl (C=O) groups is 1. The number of aliphatic hydroxyl groups is 2. The maximum atomic E-state index is 12.7. The van der Waals surface area contributed by atoms with Gasteiger partial charge in [0.1, 0.15) is 66.9 Å². The number of carbonyl (C=O) groups excluding carboxylic acids is 1. The SMILES string of the molecule is COc1ccc(C(OC[C@H]2O[C@@H](n3cnc4c(NC(C)=O)ncnc43)[C@H](OCOCCC#N)[C@@H]2O[P+](O)([S-])C[C@H]2O[C@@H](n3ccc(=O)[nH]c3=O)[C@H](O)[C@@H]2O)(c2ccccc2)c2ccc(OC)cc2)cc1. The van der Waals surface area contributed by atoms with E-state index in [9.17, 15) is 34.8 Å². The van der Waals surface area contributed by atoms with Gasteiger partial charge in [0.05, 0.1) is 46.3 Å². The Morgan fingerprint density at radius 2 is 1.54 bits per heavy atom. The maximum Gasteiger partial charge on any atom is 0.330 e. The second-order valence-corrected chi connectivity index (χ2v) is 19.7. The quantitative estimate of drug-likeness (QED) is 0.0242. The standard InChI is InChI=1S/C46H49N8O14PS/c1-27(55)51-41-36-42(49-24-48-41)54(25-50-36)44-40(64-26-63-21-7-19-47)39(68-69(60,70)23-34-37(57)38(58)43(67-34)53-20-18-35(56)52-45(53)59)33(66-44)22-65-46(28-8-5-4-6-9-28,29-10-14-31(61-2)15-11-29)30-12-16-32(62-3)17-13-30/h4-6,8-18,20,24-25,33-34,37-40,43-44,57-58H,7,21-23,26H2,1-3H3,(H,60,70)(H,52,56,59)(H,48,49,51,55)/t33-,34-,37-,38-,39-,40-,43-,44-,69?/m1/s1. The van der Waals surface area contributed by atoms with Crippen LogP contribution in [0.3, 0.4) is 0 Å². The number of hydrogen-bond donors (Lipinski definition) is 5. The lowest BCUT2D eigenvalue weighted by atomic mass is 9.80. The predicted octanol–water partition coefficient (Wildman–Crippen LogP) is 2.84. The summed E-state index contributed by atoms with van der Waals surface area (Å²) in [6.07, 6.45) is -7.92. The second kappa shape index (κ2) is 21.9. The first-order valence-electron chi connectivity index (χ1n) is 21.8. The number of methoxy groups -OCH3 is 2. The minimum absolute atomic E-state index is 0.00813. The van der Waals surface area contributed by atoms with Gasteiger partial charge in [-0.3, -0.25) is 23.7 Å². The van der Waals surface area contributed by atoms with E-state index in [1.54, 1.807) is 14.2 Å². The molecule has 0 spiro atoms. The molecule has 22 nitrogen and oxygen atoms in total. The molecule has 2 aliphatic rings. The highest BCUT2D eigenvalue weighted by atomic mass is 32.7. The van der Waals surface area contributed by atoms with Gasteiger partial charge in [0.15, 0.2) is 42.5 Å². The van der Waals surface area contributed by atoms with E-state index in [4.69, 9.17) is 49.9 Å². The van der Waals surface area contributed by atoms with E-state index in [2.05, 4.69) is 25.3 Å². The second-order valence-electron chi connectivity index (χ2n) is 16.1. The number of aromatic amines is 1. The molecule has 1 amide bonds. The topological polar surface area (TPSA) is 286 Å². The number of anilines is 1. The Bertz CT molecular complexity index is 2850. The number of ether oxygens (including phenoxy) is 7. The Labute approximate surface area is 405 Å². The van der Waals surface area contributed by atoms with Crippen molar-refractivity contribution in [2.45, 2.75) is 68.0 Å². The van der Waals surface area contributed by atoms with Crippen LogP contribution in [0, 0.1) is 11.3 Å². The molecule has 24 heteroatoms. The van der Waals surface area contributed by atoms with E-state index in [1.165, 1.54) is 24.1 Å². The fourth-order valence-electron chi connectivity index (χ4n) is 8.45. The summed E-state index contributed by atoms with van der Waals surface area (Å²) in [5.74, 6) is 0.913. The summed E-state index contributed by atoms with van der Waals surface area (Å²) in [7, 11) is 3.13. The highest BCUT2D eigenvalue weighted by Crippen LogP contribution is 2.59. The molecule has 2 aliphatic heterocycles. The molecular formula is C46H49N8O14PS. The van der Waals surface area contributed by atoms with Gasteiger partial charge in [-0.2, -0.15) is 5.26 Å². The summed E-state index contributed by atoms with van der Waals surface area (Å²) >= 11 is 5.82. The summed E-state index contributed by atoms with van der Waals surface area (Å²) in [6.45, 7) is -3.55. The van der Waals surface area contributed by atoms with Gasteiger partial charge < -0.3 is 60.9 Å². The lowest BCUT2D eigenvalue weighted by Crippen LogP contribution is -2.42. The molecule has 2 fully saturated rings. The molecule has 5 heterocycles. The number of imidazole rings is 1. The molecule has 0 radical (unpaired) electrons. The number of nitrogens with zero attached hydrogens (tertiary/aromatic N) is 6. The third-order valence-corrected chi connectivity index (χ3v) is 13.8. The van der Waals surface area contributed by atoms with Crippen LogP contribution < -0.4 is 26.0 Å². The van der Waals surface area contributed by atoms with Gasteiger partial charge in [0, 0.05) is 19.2 Å². The Kier molecular flexibility index (Phi) is 15.7. The number of nitriles is 1. The summed E-state index contributed by atoms with van der Waals surface area (Å²) in [5.41, 5.74) is -0.466. The van der Waals surface area contributed by atoms with Crippen LogP contribution in [-0.2, 0) is 50.9 Å². The van der Waals surface area contributed by atoms with Crippen LogP contribution in [0.25, 0.3) is 11.2 Å². The van der Waals surface area contributed by atoms with Gasteiger partial charge in [0.2, 0.25) is 5.91 Å². The molecule has 9 atom stereocenters. The lowest BCUT2D eigenvalue weighted by molar-refractivity contribution is -0.136. The molecular weight excluding hydrogens is 952 g/mol. The molecule has 368 valence electrons. The minimum atomic E-state index is -4.18. The smallest absolute Gasteiger partial charge is 0.330 e. The zero-order chi connectivity index (χ0) is 49.6. The van der Waals surface area contributed by atoms with Crippen LogP contribution in [0.2, 0.25) is 0 Å². The number of rotatable bonds is 20. The fraction of sp³-hybridized carbons (Fsp3) is 0.370. The van der Waals surface area contributed by atoms with Crippen molar-refractivity contribution in [3.8, 4) is 17.6 Å². The fourth-order valence-corrected chi connectivity index (χ4v) is 10.7. The van der Waals surface area contributed by atoms with E-state index < -0.39 is 91.7 Å². The van der Waals surface area contributed by atoms with Crippen LogP contribution in [-0.4, -0.2) is 127 Å². The number of fused-ring (bicyclic) bond motifs is 1. The van der Waals surface area contributed by atoms with E-state index >= 15 is 0 Å². The molecule has 70 heavy (non-hydrogen) atoms. The number of hydrogen-bond acceptors (Lipinski definition) is 19. The van der Waals surface area contributed by atoms with Gasteiger partial charge in [-0.05, 0) is 41.0 Å². The summed E-state index contributed by atoms with van der Waals surface area (Å²) in [6, 6.07) is 27.3. The summed E-state index contributed by atoms with van der Waals surface area (Å²) < 4.78 is 52.3. The van der Waals surface area contributed by atoms with Crippen molar-refractivity contribution >= 4 is 42.1 Å². The first kappa shape index (κ1) is 50.3. The van der Waals surface area contributed by atoms with Gasteiger partial charge >= 0.3 is 5.69 Å². The third kappa shape index (κ3) is 10.6. The van der Waals surface area contributed by atoms with E-state index in [-0.39, 0.29) is 36.6 Å². The zero-order valence-electron chi connectivity index (χ0n) is 37.8. The first-order valence-corrected chi connectivity index (χ1v) is 24.6. The average molecular weight is 1000 g/mol. The largest absolute Gasteiger partial charge is 0.497 e. The molecule has 2 saturated heterocycles. The number of H-pyrrole nitrogens is 1.